The van der Waals surface area contributed by atoms with Crippen LogP contribution in [0.25, 0.3) is 0 Å². The maximum absolute atomic E-state index is 14.3. The van der Waals surface area contributed by atoms with Gasteiger partial charge in [-0.3, -0.25) is 0 Å². The third-order valence-electron chi connectivity index (χ3n) is 3.93. The number of rotatable bonds is 5. The van der Waals surface area contributed by atoms with E-state index in [9.17, 15) is 4.39 Å². The summed E-state index contributed by atoms with van der Waals surface area (Å²) in [6.07, 6.45) is 0.589. The minimum atomic E-state index is -0.272. The molecule has 2 nitrogen and oxygen atoms in total. The Morgan fingerprint density at radius 3 is 2.29 bits per heavy atom. The Labute approximate surface area is 126 Å². The molecule has 0 aliphatic rings. The van der Waals surface area contributed by atoms with Crippen molar-refractivity contribution in [3.63, 3.8) is 0 Å². The summed E-state index contributed by atoms with van der Waals surface area (Å²) >= 11 is 0. The standard InChI is InChI=1S/C18H22FNO/c1-12-7-5-8-13(2)17(12)15(20-3)11-14-9-6-10-16(21-4)18(14)19/h5-10,15,20H,11H2,1-4H3. The molecular weight excluding hydrogens is 265 g/mol. The molecule has 0 spiro atoms. The maximum Gasteiger partial charge on any atom is 0.168 e. The summed E-state index contributed by atoms with van der Waals surface area (Å²) in [6.45, 7) is 4.18. The number of aryl methyl sites for hydroxylation is 2. The molecule has 1 unspecified atom stereocenters. The smallest absolute Gasteiger partial charge is 0.168 e. The molecule has 0 fully saturated rings. The maximum atomic E-state index is 14.3. The molecule has 0 amide bonds. The lowest BCUT2D eigenvalue weighted by Gasteiger charge is -2.22. The van der Waals surface area contributed by atoms with Gasteiger partial charge in [0.15, 0.2) is 11.6 Å². The zero-order valence-electron chi connectivity index (χ0n) is 13.0. The van der Waals surface area contributed by atoms with Crippen molar-refractivity contribution in [1.29, 1.82) is 0 Å². The molecule has 1 atom stereocenters. The SMILES string of the molecule is CNC(Cc1cccc(OC)c1F)c1c(C)cccc1C. The second kappa shape index (κ2) is 6.72. The van der Waals surface area contributed by atoms with Gasteiger partial charge in [0, 0.05) is 6.04 Å². The van der Waals surface area contributed by atoms with E-state index < -0.39 is 0 Å². The van der Waals surface area contributed by atoms with Gasteiger partial charge in [0.25, 0.3) is 0 Å². The van der Waals surface area contributed by atoms with Crippen LogP contribution in [0.5, 0.6) is 5.75 Å². The molecule has 2 aromatic carbocycles. The van der Waals surface area contributed by atoms with Crippen LogP contribution in [0.1, 0.15) is 28.3 Å². The van der Waals surface area contributed by atoms with E-state index in [4.69, 9.17) is 4.74 Å². The first kappa shape index (κ1) is 15.5. The van der Waals surface area contributed by atoms with E-state index in [0.717, 1.165) is 0 Å². The van der Waals surface area contributed by atoms with Crippen LogP contribution in [0.3, 0.4) is 0 Å². The molecule has 0 heterocycles. The Balaban J connectivity index is 2.36. The number of hydrogen-bond donors (Lipinski definition) is 1. The highest BCUT2D eigenvalue weighted by atomic mass is 19.1. The van der Waals surface area contributed by atoms with Crippen molar-refractivity contribution < 1.29 is 9.13 Å². The first-order valence-electron chi connectivity index (χ1n) is 7.13. The molecule has 1 N–H and O–H groups in total. The van der Waals surface area contributed by atoms with Gasteiger partial charge in [-0.2, -0.15) is 0 Å². The summed E-state index contributed by atoms with van der Waals surface area (Å²) in [6, 6.07) is 11.6. The topological polar surface area (TPSA) is 21.3 Å². The molecule has 0 saturated heterocycles. The second-order valence-corrected chi connectivity index (χ2v) is 5.28. The van der Waals surface area contributed by atoms with Crippen LogP contribution >= 0.6 is 0 Å². The van der Waals surface area contributed by atoms with Gasteiger partial charge in [0.05, 0.1) is 7.11 Å². The lowest BCUT2D eigenvalue weighted by molar-refractivity contribution is 0.383. The van der Waals surface area contributed by atoms with Crippen molar-refractivity contribution in [3.8, 4) is 5.75 Å². The Kier molecular flexibility index (Phi) is 4.97. The van der Waals surface area contributed by atoms with Gasteiger partial charge in [0.1, 0.15) is 0 Å². The molecule has 2 rings (SSSR count). The molecule has 0 aliphatic carbocycles. The van der Waals surface area contributed by atoms with Gasteiger partial charge in [-0.1, -0.05) is 30.3 Å². The van der Waals surface area contributed by atoms with E-state index in [1.165, 1.54) is 23.8 Å². The summed E-state index contributed by atoms with van der Waals surface area (Å²) in [5.74, 6) is 0.0235. The number of likely N-dealkylation sites (N-methyl/N-ethyl adjacent to an activating group) is 1. The van der Waals surface area contributed by atoms with Crippen LogP contribution < -0.4 is 10.1 Å². The normalized spacial score (nSPS) is 12.2. The van der Waals surface area contributed by atoms with Crippen molar-refractivity contribution in [2.75, 3.05) is 14.2 Å². The molecular formula is C18H22FNO. The molecule has 0 bridgehead atoms. The Hall–Kier alpha value is -1.87. The van der Waals surface area contributed by atoms with Crippen LogP contribution in [0.4, 0.5) is 4.39 Å². The number of nitrogens with one attached hydrogen (secondary N) is 1. The number of hydrogen-bond acceptors (Lipinski definition) is 2. The predicted molar refractivity (Wildman–Crippen MR) is 84.4 cm³/mol. The van der Waals surface area contributed by atoms with Crippen LogP contribution in [0, 0.1) is 19.7 Å². The highest BCUT2D eigenvalue weighted by Crippen LogP contribution is 2.28. The molecule has 2 aromatic rings. The van der Waals surface area contributed by atoms with Gasteiger partial charge in [0.2, 0.25) is 0 Å². The highest BCUT2D eigenvalue weighted by molar-refractivity contribution is 5.38. The fourth-order valence-corrected chi connectivity index (χ4v) is 2.82. The van der Waals surface area contributed by atoms with Crippen molar-refractivity contribution >= 4 is 0 Å². The first-order chi connectivity index (χ1) is 10.1. The number of methoxy groups -OCH3 is 1. The van der Waals surface area contributed by atoms with Crippen molar-refractivity contribution in [3.05, 3.63) is 64.5 Å². The average molecular weight is 287 g/mol. The molecule has 0 radical (unpaired) electrons. The zero-order chi connectivity index (χ0) is 15.4. The van der Waals surface area contributed by atoms with Crippen molar-refractivity contribution in [1.82, 2.24) is 5.32 Å². The average Bonchev–Trinajstić information content (AvgIpc) is 2.47. The van der Waals surface area contributed by atoms with E-state index in [-0.39, 0.29) is 11.9 Å². The Morgan fingerprint density at radius 1 is 1.10 bits per heavy atom. The molecule has 0 aromatic heterocycles. The third-order valence-corrected chi connectivity index (χ3v) is 3.93. The van der Waals surface area contributed by atoms with E-state index in [1.54, 1.807) is 6.07 Å². The van der Waals surface area contributed by atoms with Crippen LogP contribution in [0.2, 0.25) is 0 Å². The fraction of sp³-hybridized carbons (Fsp3) is 0.333. The quantitative estimate of drug-likeness (QED) is 0.899. The van der Waals surface area contributed by atoms with Gasteiger partial charge in [-0.15, -0.1) is 0 Å². The molecule has 21 heavy (non-hydrogen) atoms. The molecule has 112 valence electrons. The summed E-state index contributed by atoms with van der Waals surface area (Å²) in [5.41, 5.74) is 4.34. The Bertz CT molecular complexity index is 604. The number of ether oxygens (including phenoxy) is 1. The highest BCUT2D eigenvalue weighted by Gasteiger charge is 2.18. The molecule has 3 heteroatoms. The van der Waals surface area contributed by atoms with Gasteiger partial charge >= 0.3 is 0 Å². The molecule has 0 saturated carbocycles. The minimum Gasteiger partial charge on any atom is -0.494 e. The number of benzene rings is 2. The van der Waals surface area contributed by atoms with Gasteiger partial charge in [-0.25, -0.2) is 4.39 Å². The number of halogens is 1. The first-order valence-corrected chi connectivity index (χ1v) is 7.13. The van der Waals surface area contributed by atoms with E-state index in [2.05, 4.69) is 31.3 Å². The van der Waals surface area contributed by atoms with Gasteiger partial charge < -0.3 is 10.1 Å². The summed E-state index contributed by atoms with van der Waals surface area (Å²) in [5, 5.41) is 3.31. The van der Waals surface area contributed by atoms with Gasteiger partial charge in [-0.05, 0) is 55.6 Å². The summed E-state index contributed by atoms with van der Waals surface area (Å²) in [7, 11) is 3.40. The van der Waals surface area contributed by atoms with Crippen molar-refractivity contribution in [2.45, 2.75) is 26.3 Å². The van der Waals surface area contributed by atoms with E-state index >= 15 is 0 Å². The van der Waals surface area contributed by atoms with Crippen LogP contribution in [0.15, 0.2) is 36.4 Å². The van der Waals surface area contributed by atoms with E-state index in [0.29, 0.717) is 17.7 Å². The summed E-state index contributed by atoms with van der Waals surface area (Å²) < 4.78 is 19.4. The van der Waals surface area contributed by atoms with Crippen LogP contribution in [-0.2, 0) is 6.42 Å². The lowest BCUT2D eigenvalue weighted by atomic mass is 9.91. The fourth-order valence-electron chi connectivity index (χ4n) is 2.82. The second-order valence-electron chi connectivity index (χ2n) is 5.28. The predicted octanol–water partition coefficient (Wildman–Crippen LogP) is 3.95. The molecule has 0 aliphatic heterocycles. The largest absolute Gasteiger partial charge is 0.494 e. The zero-order valence-corrected chi connectivity index (χ0v) is 13.0. The third kappa shape index (κ3) is 3.24. The lowest BCUT2D eigenvalue weighted by Crippen LogP contribution is -2.21. The summed E-state index contributed by atoms with van der Waals surface area (Å²) in [4.78, 5) is 0. The van der Waals surface area contributed by atoms with E-state index in [1.807, 2.05) is 25.2 Å². The monoisotopic (exact) mass is 287 g/mol. The minimum absolute atomic E-state index is 0.0767. The van der Waals surface area contributed by atoms with Crippen LogP contribution in [-0.4, -0.2) is 14.2 Å². The van der Waals surface area contributed by atoms with Crippen molar-refractivity contribution in [2.24, 2.45) is 0 Å². The Morgan fingerprint density at radius 2 is 1.71 bits per heavy atom.